The van der Waals surface area contributed by atoms with E-state index < -0.39 is 0 Å². The van der Waals surface area contributed by atoms with Crippen LogP contribution in [0.3, 0.4) is 0 Å². The summed E-state index contributed by atoms with van der Waals surface area (Å²) in [7, 11) is 0. The highest BCUT2D eigenvalue weighted by atomic mass is 35.5. The first-order chi connectivity index (χ1) is 9.63. The fourth-order valence-corrected chi connectivity index (χ4v) is 2.60. The Morgan fingerprint density at radius 3 is 2.81 bits per heavy atom. The van der Waals surface area contributed by atoms with Crippen LogP contribution in [-0.2, 0) is 0 Å². The largest absolute Gasteiger partial charge is 0.349 e. The van der Waals surface area contributed by atoms with E-state index in [1.165, 1.54) is 6.20 Å². The number of hydrogen-bond acceptors (Lipinski definition) is 5. The van der Waals surface area contributed by atoms with Gasteiger partial charge in [-0.15, -0.1) is 12.4 Å². The van der Waals surface area contributed by atoms with Crippen LogP contribution in [0.5, 0.6) is 0 Å². The van der Waals surface area contributed by atoms with Gasteiger partial charge in [-0.1, -0.05) is 5.16 Å². The lowest BCUT2D eigenvalue weighted by atomic mass is 9.91. The Morgan fingerprint density at radius 2 is 2.10 bits per heavy atom. The average Bonchev–Trinajstić information content (AvgIpc) is 2.82. The van der Waals surface area contributed by atoms with Crippen molar-refractivity contribution in [2.75, 3.05) is 0 Å². The van der Waals surface area contributed by atoms with Crippen molar-refractivity contribution in [2.45, 2.75) is 44.7 Å². The van der Waals surface area contributed by atoms with Crippen molar-refractivity contribution in [3.63, 3.8) is 0 Å². The molecule has 0 atom stereocenters. The minimum Gasteiger partial charge on any atom is -0.349 e. The second kappa shape index (κ2) is 6.41. The van der Waals surface area contributed by atoms with Gasteiger partial charge in [0.1, 0.15) is 0 Å². The molecular weight excluding hydrogens is 292 g/mol. The number of rotatable bonds is 2. The summed E-state index contributed by atoms with van der Waals surface area (Å²) in [5.41, 5.74) is 7.61. The Labute approximate surface area is 128 Å². The maximum absolute atomic E-state index is 12.2. The van der Waals surface area contributed by atoms with Crippen molar-refractivity contribution in [3.05, 3.63) is 23.5 Å². The normalized spacial score (nSPS) is 21.8. The molecule has 2 heterocycles. The molecule has 0 bridgehead atoms. The van der Waals surface area contributed by atoms with Crippen molar-refractivity contribution in [3.8, 4) is 0 Å². The van der Waals surface area contributed by atoms with E-state index in [-0.39, 0.29) is 30.4 Å². The number of amides is 1. The van der Waals surface area contributed by atoms with Crippen molar-refractivity contribution >= 4 is 29.4 Å². The fourth-order valence-electron chi connectivity index (χ4n) is 2.60. The third-order valence-electron chi connectivity index (χ3n) is 3.88. The third kappa shape index (κ3) is 3.33. The maximum Gasteiger partial charge on any atom is 0.257 e. The Kier molecular flexibility index (Phi) is 4.80. The molecule has 0 aliphatic heterocycles. The number of carbonyl (C=O) groups excluding carboxylic acids is 1. The number of nitrogens with two attached hydrogens (primary N) is 1. The lowest BCUT2D eigenvalue weighted by molar-refractivity contribution is 0.0925. The van der Waals surface area contributed by atoms with Crippen LogP contribution in [0.15, 0.2) is 16.8 Å². The molecule has 2 aromatic rings. The van der Waals surface area contributed by atoms with Crippen LogP contribution in [0.2, 0.25) is 0 Å². The van der Waals surface area contributed by atoms with Crippen LogP contribution >= 0.6 is 12.4 Å². The highest BCUT2D eigenvalue weighted by Crippen LogP contribution is 2.19. The summed E-state index contributed by atoms with van der Waals surface area (Å²) >= 11 is 0. The van der Waals surface area contributed by atoms with E-state index in [4.69, 9.17) is 10.3 Å². The molecule has 2 aromatic heterocycles. The van der Waals surface area contributed by atoms with Crippen molar-refractivity contribution in [1.29, 1.82) is 0 Å². The van der Waals surface area contributed by atoms with Gasteiger partial charge in [0.25, 0.3) is 11.6 Å². The number of carbonyl (C=O) groups is 1. The molecule has 0 saturated heterocycles. The molecule has 3 N–H and O–H groups in total. The smallest absolute Gasteiger partial charge is 0.257 e. The van der Waals surface area contributed by atoms with Gasteiger partial charge in [-0.25, -0.2) is 4.98 Å². The fraction of sp³-hybridized carbons (Fsp3) is 0.500. The lowest BCUT2D eigenvalue weighted by Gasteiger charge is -2.26. The number of fused-ring (bicyclic) bond motifs is 1. The molecule has 3 rings (SSSR count). The predicted molar refractivity (Wildman–Crippen MR) is 81.5 cm³/mol. The van der Waals surface area contributed by atoms with E-state index >= 15 is 0 Å². The van der Waals surface area contributed by atoms with Crippen LogP contribution < -0.4 is 11.1 Å². The van der Waals surface area contributed by atoms with Gasteiger partial charge < -0.3 is 15.6 Å². The zero-order chi connectivity index (χ0) is 14.1. The van der Waals surface area contributed by atoms with Gasteiger partial charge in [0, 0.05) is 18.3 Å². The van der Waals surface area contributed by atoms with E-state index in [0.29, 0.717) is 11.3 Å². The molecule has 0 spiro atoms. The second-order valence-electron chi connectivity index (χ2n) is 5.43. The number of pyridine rings is 1. The van der Waals surface area contributed by atoms with Gasteiger partial charge in [0.15, 0.2) is 0 Å². The first-order valence-electron chi connectivity index (χ1n) is 6.92. The number of aromatic nitrogens is 2. The Morgan fingerprint density at radius 1 is 1.38 bits per heavy atom. The minimum atomic E-state index is -0.0968. The third-order valence-corrected chi connectivity index (χ3v) is 3.88. The zero-order valence-electron chi connectivity index (χ0n) is 11.8. The molecule has 0 unspecified atom stereocenters. The van der Waals surface area contributed by atoms with Crippen molar-refractivity contribution in [2.24, 2.45) is 5.73 Å². The van der Waals surface area contributed by atoms with Crippen molar-refractivity contribution in [1.82, 2.24) is 15.5 Å². The molecule has 21 heavy (non-hydrogen) atoms. The number of nitrogens with one attached hydrogen (secondary N) is 1. The highest BCUT2D eigenvalue weighted by Gasteiger charge is 2.21. The molecular formula is C14H19ClN4O2. The molecule has 7 heteroatoms. The average molecular weight is 311 g/mol. The monoisotopic (exact) mass is 310 g/mol. The quantitative estimate of drug-likeness (QED) is 0.884. The standard InChI is InChI=1S/C14H18N4O2.ClH/c1-8-12-6-9(7-16-14(12)20-18-8)13(19)17-11-4-2-10(15)3-5-11;/h6-7,10-11H,2-5,15H2,1H3,(H,17,19);1H. The van der Waals surface area contributed by atoms with E-state index in [1.54, 1.807) is 6.07 Å². The maximum atomic E-state index is 12.2. The summed E-state index contributed by atoms with van der Waals surface area (Å²) in [5, 5.41) is 7.66. The molecule has 6 nitrogen and oxygen atoms in total. The number of halogens is 1. The van der Waals surface area contributed by atoms with Crippen LogP contribution in [0.1, 0.15) is 41.7 Å². The molecule has 1 amide bonds. The van der Waals surface area contributed by atoms with Gasteiger partial charge in [-0.05, 0) is 38.7 Å². The first kappa shape index (κ1) is 15.7. The van der Waals surface area contributed by atoms with Crippen LogP contribution in [0, 0.1) is 6.92 Å². The van der Waals surface area contributed by atoms with Crippen LogP contribution in [-0.4, -0.2) is 28.1 Å². The van der Waals surface area contributed by atoms with Gasteiger partial charge >= 0.3 is 0 Å². The zero-order valence-corrected chi connectivity index (χ0v) is 12.7. The number of aryl methyl sites for hydroxylation is 1. The predicted octanol–water partition coefficient (Wildman–Crippen LogP) is 1.95. The molecule has 1 fully saturated rings. The summed E-state index contributed by atoms with van der Waals surface area (Å²) in [6.45, 7) is 1.83. The molecule has 1 aliphatic carbocycles. The first-order valence-corrected chi connectivity index (χ1v) is 6.92. The van der Waals surface area contributed by atoms with E-state index in [2.05, 4.69) is 15.5 Å². The number of nitrogens with zero attached hydrogens (tertiary/aromatic N) is 2. The summed E-state index contributed by atoms with van der Waals surface area (Å²) in [4.78, 5) is 16.4. The second-order valence-corrected chi connectivity index (χ2v) is 5.43. The van der Waals surface area contributed by atoms with Gasteiger partial charge in [-0.3, -0.25) is 4.79 Å². The van der Waals surface area contributed by atoms with Gasteiger partial charge in [-0.2, -0.15) is 0 Å². The Hall–Kier alpha value is -1.66. The van der Waals surface area contributed by atoms with E-state index in [1.807, 2.05) is 6.92 Å². The lowest BCUT2D eigenvalue weighted by Crippen LogP contribution is -2.40. The number of hydrogen-bond donors (Lipinski definition) is 2. The summed E-state index contributed by atoms with van der Waals surface area (Å²) < 4.78 is 5.04. The van der Waals surface area contributed by atoms with Crippen LogP contribution in [0.4, 0.5) is 0 Å². The minimum absolute atomic E-state index is 0. The van der Waals surface area contributed by atoms with E-state index in [9.17, 15) is 4.79 Å². The summed E-state index contributed by atoms with van der Waals surface area (Å²) in [5.74, 6) is -0.0968. The summed E-state index contributed by atoms with van der Waals surface area (Å²) in [6, 6.07) is 2.26. The Balaban J connectivity index is 0.00000161. The molecule has 114 valence electrons. The van der Waals surface area contributed by atoms with Gasteiger partial charge in [0.05, 0.1) is 16.6 Å². The molecule has 1 aliphatic rings. The topological polar surface area (TPSA) is 94.0 Å². The SMILES string of the molecule is Cc1noc2ncc(C(=O)NC3CCC(N)CC3)cc12.Cl. The summed E-state index contributed by atoms with van der Waals surface area (Å²) in [6.07, 6.45) is 5.33. The molecule has 0 radical (unpaired) electrons. The Bertz CT molecular complexity index is 635. The molecule has 0 aromatic carbocycles. The molecule has 1 saturated carbocycles. The van der Waals surface area contributed by atoms with Crippen molar-refractivity contribution < 1.29 is 9.32 Å². The van der Waals surface area contributed by atoms with Gasteiger partial charge in [0.2, 0.25) is 0 Å². The highest BCUT2D eigenvalue weighted by molar-refractivity contribution is 5.97. The van der Waals surface area contributed by atoms with Crippen LogP contribution in [0.25, 0.3) is 11.1 Å². The van der Waals surface area contributed by atoms with E-state index in [0.717, 1.165) is 36.8 Å².